The number of carbonyl (C=O) groups is 1. The SMILES string of the molecule is Cc1cc(Nc2nc(C)cs2)nc([C@H]2CCCCN2C(=O)/C=C/c2csc(C)n2)n1. The molecular weight excluding hydrogens is 416 g/mol. The van der Waals surface area contributed by atoms with Crippen molar-refractivity contribution in [1.29, 1.82) is 0 Å². The van der Waals surface area contributed by atoms with E-state index in [4.69, 9.17) is 4.98 Å². The van der Waals surface area contributed by atoms with Crippen LogP contribution in [-0.2, 0) is 4.79 Å². The van der Waals surface area contributed by atoms with Gasteiger partial charge in [-0.1, -0.05) is 0 Å². The summed E-state index contributed by atoms with van der Waals surface area (Å²) in [4.78, 5) is 33.1. The third-order valence-electron chi connectivity index (χ3n) is 4.84. The third kappa shape index (κ3) is 4.91. The fraction of sp³-hybridized carbons (Fsp3) is 0.381. The lowest BCUT2D eigenvalue weighted by atomic mass is 10.0. The second-order valence-electron chi connectivity index (χ2n) is 7.34. The first-order valence-electron chi connectivity index (χ1n) is 9.93. The van der Waals surface area contributed by atoms with E-state index < -0.39 is 0 Å². The highest BCUT2D eigenvalue weighted by Crippen LogP contribution is 2.31. The molecule has 1 N–H and O–H groups in total. The van der Waals surface area contributed by atoms with Crippen LogP contribution in [0.15, 0.2) is 22.9 Å². The zero-order valence-corrected chi connectivity index (χ0v) is 18.9. The number of aryl methyl sites for hydroxylation is 3. The quantitative estimate of drug-likeness (QED) is 0.572. The molecule has 1 fully saturated rings. The Morgan fingerprint density at radius 2 is 1.97 bits per heavy atom. The van der Waals surface area contributed by atoms with Gasteiger partial charge in [-0.15, -0.1) is 22.7 Å². The predicted molar refractivity (Wildman–Crippen MR) is 121 cm³/mol. The fourth-order valence-electron chi connectivity index (χ4n) is 3.50. The van der Waals surface area contributed by atoms with E-state index >= 15 is 0 Å². The fourth-order valence-corrected chi connectivity index (χ4v) is 4.77. The number of rotatable bonds is 5. The zero-order valence-electron chi connectivity index (χ0n) is 17.3. The largest absolute Gasteiger partial charge is 0.329 e. The van der Waals surface area contributed by atoms with Gasteiger partial charge in [0.25, 0.3) is 0 Å². The van der Waals surface area contributed by atoms with Crippen molar-refractivity contribution in [2.45, 2.75) is 46.1 Å². The van der Waals surface area contributed by atoms with Gasteiger partial charge in [-0.25, -0.2) is 19.9 Å². The summed E-state index contributed by atoms with van der Waals surface area (Å²) in [6, 6.07) is 1.77. The third-order valence-corrected chi connectivity index (χ3v) is 6.51. The Balaban J connectivity index is 1.55. The van der Waals surface area contributed by atoms with Crippen LogP contribution < -0.4 is 5.32 Å². The van der Waals surface area contributed by atoms with Crippen LogP contribution in [0, 0.1) is 20.8 Å². The lowest BCUT2D eigenvalue weighted by molar-refractivity contribution is -0.129. The zero-order chi connectivity index (χ0) is 21.1. The number of piperidine rings is 1. The molecule has 1 atom stereocenters. The molecule has 9 heteroatoms. The Hall–Kier alpha value is -2.65. The minimum Gasteiger partial charge on any atom is -0.329 e. The lowest BCUT2D eigenvalue weighted by Crippen LogP contribution is -2.38. The van der Waals surface area contributed by atoms with E-state index in [1.54, 1.807) is 34.8 Å². The molecule has 1 saturated heterocycles. The molecule has 1 aliphatic heterocycles. The molecule has 4 heterocycles. The maximum atomic E-state index is 13.0. The average Bonchev–Trinajstić information content (AvgIpc) is 3.33. The summed E-state index contributed by atoms with van der Waals surface area (Å²) in [6.45, 7) is 6.57. The number of anilines is 2. The van der Waals surface area contributed by atoms with Gasteiger partial charge in [0.1, 0.15) is 5.82 Å². The first kappa shape index (κ1) is 20.6. The summed E-state index contributed by atoms with van der Waals surface area (Å²) < 4.78 is 0. The van der Waals surface area contributed by atoms with Crippen molar-refractivity contribution < 1.29 is 4.79 Å². The number of amides is 1. The van der Waals surface area contributed by atoms with E-state index in [-0.39, 0.29) is 11.9 Å². The minimum atomic E-state index is -0.133. The molecule has 0 aliphatic carbocycles. The van der Waals surface area contributed by atoms with Gasteiger partial charge in [-0.2, -0.15) is 0 Å². The van der Waals surface area contributed by atoms with Crippen LogP contribution in [0.2, 0.25) is 0 Å². The molecule has 0 unspecified atom stereocenters. The standard InChI is InChI=1S/C21H24N6OS2/c1-13-10-18(26-21-23-14(2)11-30-21)25-20(22-13)17-6-4-5-9-27(17)19(28)8-7-16-12-29-15(3)24-16/h7-8,10-12,17H,4-6,9H2,1-3H3,(H,22,23,25,26)/b8-7+/t17-/m1/s1. The van der Waals surface area contributed by atoms with Crippen molar-refractivity contribution in [3.8, 4) is 0 Å². The van der Waals surface area contributed by atoms with Crippen LogP contribution in [0.1, 0.15) is 53.2 Å². The molecule has 7 nitrogen and oxygen atoms in total. The molecule has 156 valence electrons. The molecule has 0 aromatic carbocycles. The van der Waals surface area contributed by atoms with Crippen LogP contribution in [0.25, 0.3) is 6.08 Å². The maximum absolute atomic E-state index is 13.0. The Labute approximate surface area is 183 Å². The highest BCUT2D eigenvalue weighted by molar-refractivity contribution is 7.13. The van der Waals surface area contributed by atoms with Crippen molar-refractivity contribution in [1.82, 2.24) is 24.8 Å². The Bertz CT molecular complexity index is 1070. The molecule has 30 heavy (non-hydrogen) atoms. The van der Waals surface area contributed by atoms with Crippen molar-refractivity contribution in [3.05, 3.63) is 50.8 Å². The number of thiazole rings is 2. The smallest absolute Gasteiger partial charge is 0.247 e. The van der Waals surface area contributed by atoms with Gasteiger partial charge in [-0.05, 0) is 46.1 Å². The number of carbonyl (C=O) groups excluding carboxylic acids is 1. The monoisotopic (exact) mass is 440 g/mol. The lowest BCUT2D eigenvalue weighted by Gasteiger charge is -2.34. The molecule has 0 saturated carbocycles. The highest BCUT2D eigenvalue weighted by atomic mass is 32.1. The molecule has 3 aromatic heterocycles. The molecule has 0 radical (unpaired) electrons. The topological polar surface area (TPSA) is 83.9 Å². The summed E-state index contributed by atoms with van der Waals surface area (Å²) in [7, 11) is 0. The van der Waals surface area contributed by atoms with Crippen LogP contribution >= 0.6 is 22.7 Å². The van der Waals surface area contributed by atoms with Crippen LogP contribution in [0.5, 0.6) is 0 Å². The normalized spacial score (nSPS) is 16.9. The van der Waals surface area contributed by atoms with Crippen molar-refractivity contribution in [2.75, 3.05) is 11.9 Å². The van der Waals surface area contributed by atoms with Gasteiger partial charge in [0, 0.05) is 35.1 Å². The molecule has 1 amide bonds. The Morgan fingerprint density at radius 1 is 1.10 bits per heavy atom. The number of likely N-dealkylation sites (tertiary alicyclic amines) is 1. The predicted octanol–water partition coefficient (Wildman–Crippen LogP) is 4.83. The Morgan fingerprint density at radius 3 is 2.70 bits per heavy atom. The van der Waals surface area contributed by atoms with E-state index in [0.717, 1.165) is 46.5 Å². The second kappa shape index (κ2) is 9.01. The molecule has 0 spiro atoms. The average molecular weight is 441 g/mol. The van der Waals surface area contributed by atoms with Gasteiger partial charge in [0.2, 0.25) is 5.91 Å². The van der Waals surface area contributed by atoms with E-state index in [1.165, 1.54) is 0 Å². The molecule has 0 bridgehead atoms. The van der Waals surface area contributed by atoms with Gasteiger partial charge in [0.05, 0.1) is 22.4 Å². The van der Waals surface area contributed by atoms with Crippen molar-refractivity contribution >= 4 is 45.6 Å². The summed E-state index contributed by atoms with van der Waals surface area (Å²) in [6.07, 6.45) is 6.29. The molecule has 4 rings (SSSR count). The Kier molecular flexibility index (Phi) is 6.19. The van der Waals surface area contributed by atoms with Crippen LogP contribution in [0.3, 0.4) is 0 Å². The summed E-state index contributed by atoms with van der Waals surface area (Å²) in [5, 5.41) is 9.01. The van der Waals surface area contributed by atoms with E-state index in [2.05, 4.69) is 20.3 Å². The van der Waals surface area contributed by atoms with Crippen molar-refractivity contribution in [2.24, 2.45) is 0 Å². The summed E-state index contributed by atoms with van der Waals surface area (Å²) >= 11 is 3.12. The molecular formula is C21H24N6OS2. The number of nitrogens with one attached hydrogen (secondary N) is 1. The number of hydrogen-bond donors (Lipinski definition) is 1. The van der Waals surface area contributed by atoms with Crippen LogP contribution in [0.4, 0.5) is 10.9 Å². The van der Waals surface area contributed by atoms with Gasteiger partial charge in [0.15, 0.2) is 11.0 Å². The summed E-state index contributed by atoms with van der Waals surface area (Å²) in [5.41, 5.74) is 2.65. The minimum absolute atomic E-state index is 0.0273. The van der Waals surface area contributed by atoms with E-state index in [1.807, 2.05) is 42.5 Å². The van der Waals surface area contributed by atoms with Gasteiger partial charge < -0.3 is 10.2 Å². The number of hydrogen-bond acceptors (Lipinski definition) is 8. The second-order valence-corrected chi connectivity index (χ2v) is 9.26. The first-order valence-corrected chi connectivity index (χ1v) is 11.7. The highest BCUT2D eigenvalue weighted by Gasteiger charge is 2.29. The number of nitrogens with zero attached hydrogens (tertiary/aromatic N) is 5. The first-order chi connectivity index (χ1) is 14.5. The van der Waals surface area contributed by atoms with E-state index in [0.29, 0.717) is 18.2 Å². The van der Waals surface area contributed by atoms with Gasteiger partial charge in [-0.3, -0.25) is 4.79 Å². The molecule has 3 aromatic rings. The van der Waals surface area contributed by atoms with E-state index in [9.17, 15) is 4.79 Å². The summed E-state index contributed by atoms with van der Waals surface area (Å²) in [5.74, 6) is 1.36. The number of aromatic nitrogens is 4. The van der Waals surface area contributed by atoms with Crippen LogP contribution in [-0.4, -0.2) is 37.3 Å². The molecule has 1 aliphatic rings. The van der Waals surface area contributed by atoms with Crippen molar-refractivity contribution in [3.63, 3.8) is 0 Å². The van der Waals surface area contributed by atoms with Gasteiger partial charge >= 0.3 is 0 Å². The maximum Gasteiger partial charge on any atom is 0.247 e.